The minimum atomic E-state index is -0.493. The molecule has 0 aliphatic rings. The van der Waals surface area contributed by atoms with Gasteiger partial charge in [-0.1, -0.05) is 24.3 Å². The molecule has 0 aliphatic carbocycles. The van der Waals surface area contributed by atoms with Crippen LogP contribution in [0.15, 0.2) is 41.3 Å². The Morgan fingerprint density at radius 3 is 2.53 bits per heavy atom. The van der Waals surface area contributed by atoms with Gasteiger partial charge in [0, 0.05) is 22.6 Å². The molecule has 4 heteroatoms. The summed E-state index contributed by atoms with van der Waals surface area (Å²) in [4.78, 5) is 1.05. The van der Waals surface area contributed by atoms with Crippen LogP contribution in [0.3, 0.4) is 0 Å². The van der Waals surface area contributed by atoms with E-state index in [4.69, 9.17) is 5.73 Å². The standard InChI is InChI=1S/C13H15NO2S/c14-7-9(15)8-17-13-6-5-12(16)10-3-1-2-4-11(10)13/h1-6,9,15-16H,7-8,14H2. The van der Waals surface area contributed by atoms with Gasteiger partial charge in [-0.15, -0.1) is 11.8 Å². The molecule has 0 radical (unpaired) electrons. The van der Waals surface area contributed by atoms with Gasteiger partial charge in [0.1, 0.15) is 5.75 Å². The number of thioether (sulfide) groups is 1. The van der Waals surface area contributed by atoms with Crippen molar-refractivity contribution in [1.82, 2.24) is 0 Å². The van der Waals surface area contributed by atoms with Crippen LogP contribution < -0.4 is 5.73 Å². The molecule has 0 saturated carbocycles. The summed E-state index contributed by atoms with van der Waals surface area (Å²) in [7, 11) is 0. The first-order chi connectivity index (χ1) is 8.22. The molecule has 0 heterocycles. The summed E-state index contributed by atoms with van der Waals surface area (Å²) in [5, 5.41) is 21.0. The number of aromatic hydroxyl groups is 1. The van der Waals surface area contributed by atoms with E-state index in [1.54, 1.807) is 17.8 Å². The van der Waals surface area contributed by atoms with E-state index in [1.807, 2.05) is 30.3 Å². The van der Waals surface area contributed by atoms with Gasteiger partial charge in [-0.05, 0) is 17.5 Å². The van der Waals surface area contributed by atoms with E-state index in [1.165, 1.54) is 0 Å². The maximum atomic E-state index is 9.74. The van der Waals surface area contributed by atoms with Crippen molar-refractivity contribution < 1.29 is 10.2 Å². The number of aliphatic hydroxyl groups excluding tert-OH is 1. The van der Waals surface area contributed by atoms with Crippen molar-refractivity contribution in [2.24, 2.45) is 5.73 Å². The lowest BCUT2D eigenvalue weighted by Crippen LogP contribution is -2.21. The summed E-state index contributed by atoms with van der Waals surface area (Å²) in [6, 6.07) is 11.2. The zero-order valence-electron chi connectivity index (χ0n) is 9.34. The number of phenolic OH excluding ortho intramolecular Hbond substituents is 1. The van der Waals surface area contributed by atoms with E-state index in [2.05, 4.69) is 0 Å². The second-order valence-electron chi connectivity index (χ2n) is 3.83. The molecule has 2 aromatic carbocycles. The molecule has 1 unspecified atom stereocenters. The predicted octanol–water partition coefficient (Wildman–Crippen LogP) is 1.96. The Labute approximate surface area is 104 Å². The highest BCUT2D eigenvalue weighted by atomic mass is 32.2. The maximum absolute atomic E-state index is 9.74. The summed E-state index contributed by atoms with van der Waals surface area (Å²) in [5.74, 6) is 0.843. The highest BCUT2D eigenvalue weighted by Gasteiger charge is 2.07. The third-order valence-corrected chi connectivity index (χ3v) is 3.78. The van der Waals surface area contributed by atoms with Crippen molar-refractivity contribution in [3.63, 3.8) is 0 Å². The zero-order valence-corrected chi connectivity index (χ0v) is 10.2. The van der Waals surface area contributed by atoms with Crippen LogP contribution in [0.5, 0.6) is 5.75 Å². The number of phenols is 1. The summed E-state index contributed by atoms with van der Waals surface area (Å²) in [5.41, 5.74) is 5.37. The fourth-order valence-corrected chi connectivity index (χ4v) is 2.64. The number of nitrogens with two attached hydrogens (primary N) is 1. The van der Waals surface area contributed by atoms with Gasteiger partial charge in [-0.2, -0.15) is 0 Å². The molecule has 17 heavy (non-hydrogen) atoms. The lowest BCUT2D eigenvalue weighted by Gasteiger charge is -2.10. The first kappa shape index (κ1) is 12.2. The van der Waals surface area contributed by atoms with Crippen LogP contribution in [0.2, 0.25) is 0 Å². The van der Waals surface area contributed by atoms with Gasteiger partial charge in [-0.25, -0.2) is 0 Å². The van der Waals surface area contributed by atoms with E-state index in [9.17, 15) is 10.2 Å². The SMILES string of the molecule is NCC(O)CSc1ccc(O)c2ccccc12. The molecule has 0 bridgehead atoms. The molecule has 2 aromatic rings. The lowest BCUT2D eigenvalue weighted by atomic mass is 10.1. The largest absolute Gasteiger partial charge is 0.507 e. The number of hydrogen-bond donors (Lipinski definition) is 3. The van der Waals surface area contributed by atoms with Crippen LogP contribution >= 0.6 is 11.8 Å². The third-order valence-electron chi connectivity index (χ3n) is 2.56. The second-order valence-corrected chi connectivity index (χ2v) is 4.89. The molecule has 3 nitrogen and oxygen atoms in total. The number of benzene rings is 2. The topological polar surface area (TPSA) is 66.5 Å². The zero-order chi connectivity index (χ0) is 12.3. The Morgan fingerprint density at radius 1 is 1.12 bits per heavy atom. The van der Waals surface area contributed by atoms with Gasteiger partial charge < -0.3 is 15.9 Å². The molecular formula is C13H15NO2S. The van der Waals surface area contributed by atoms with Crippen LogP contribution in [0.4, 0.5) is 0 Å². The predicted molar refractivity (Wildman–Crippen MR) is 71.4 cm³/mol. The summed E-state index contributed by atoms with van der Waals surface area (Å²) in [6.07, 6.45) is -0.493. The second kappa shape index (κ2) is 5.40. The third kappa shape index (κ3) is 2.72. The van der Waals surface area contributed by atoms with E-state index < -0.39 is 6.10 Å². The van der Waals surface area contributed by atoms with Crippen molar-refractivity contribution in [3.05, 3.63) is 36.4 Å². The molecule has 0 amide bonds. The van der Waals surface area contributed by atoms with Crippen LogP contribution in [0.1, 0.15) is 0 Å². The molecular weight excluding hydrogens is 234 g/mol. The van der Waals surface area contributed by atoms with E-state index in [-0.39, 0.29) is 12.3 Å². The quantitative estimate of drug-likeness (QED) is 0.725. The first-order valence-electron chi connectivity index (χ1n) is 5.44. The maximum Gasteiger partial charge on any atom is 0.123 e. The number of hydrogen-bond acceptors (Lipinski definition) is 4. The molecule has 90 valence electrons. The van der Waals surface area contributed by atoms with Crippen molar-refractivity contribution in [1.29, 1.82) is 0 Å². The van der Waals surface area contributed by atoms with Crippen molar-refractivity contribution in [2.75, 3.05) is 12.3 Å². The Kier molecular flexibility index (Phi) is 3.89. The van der Waals surface area contributed by atoms with Crippen LogP contribution in [-0.4, -0.2) is 28.6 Å². The molecule has 0 saturated heterocycles. The monoisotopic (exact) mass is 249 g/mol. The van der Waals surface area contributed by atoms with Crippen LogP contribution in [-0.2, 0) is 0 Å². The van der Waals surface area contributed by atoms with Gasteiger partial charge in [0.25, 0.3) is 0 Å². The van der Waals surface area contributed by atoms with Crippen LogP contribution in [0, 0.1) is 0 Å². The normalized spacial score (nSPS) is 12.8. The molecule has 0 spiro atoms. The molecule has 0 aromatic heterocycles. The number of rotatable bonds is 4. The first-order valence-corrected chi connectivity index (χ1v) is 6.42. The summed E-state index contributed by atoms with van der Waals surface area (Å²) in [6.45, 7) is 0.267. The highest BCUT2D eigenvalue weighted by molar-refractivity contribution is 7.99. The van der Waals surface area contributed by atoms with Gasteiger partial charge in [0.15, 0.2) is 0 Å². The van der Waals surface area contributed by atoms with Gasteiger partial charge in [0.05, 0.1) is 6.10 Å². The molecule has 4 N–H and O–H groups in total. The molecule has 2 rings (SSSR count). The van der Waals surface area contributed by atoms with Crippen LogP contribution in [0.25, 0.3) is 10.8 Å². The van der Waals surface area contributed by atoms with E-state index >= 15 is 0 Å². The number of aliphatic hydroxyl groups is 1. The fraction of sp³-hybridized carbons (Fsp3) is 0.231. The summed E-state index contributed by atoms with van der Waals surface area (Å²) >= 11 is 1.55. The van der Waals surface area contributed by atoms with E-state index in [0.29, 0.717) is 5.75 Å². The molecule has 0 fully saturated rings. The fourth-order valence-electron chi connectivity index (χ4n) is 1.64. The van der Waals surface area contributed by atoms with Crippen molar-refractivity contribution >= 4 is 22.5 Å². The average molecular weight is 249 g/mol. The Bertz CT molecular complexity index is 516. The van der Waals surface area contributed by atoms with Crippen molar-refractivity contribution in [2.45, 2.75) is 11.0 Å². The Hall–Kier alpha value is -1.23. The van der Waals surface area contributed by atoms with E-state index in [0.717, 1.165) is 15.7 Å². The van der Waals surface area contributed by atoms with Gasteiger partial charge in [0.2, 0.25) is 0 Å². The lowest BCUT2D eigenvalue weighted by molar-refractivity contribution is 0.208. The van der Waals surface area contributed by atoms with Gasteiger partial charge >= 0.3 is 0 Å². The average Bonchev–Trinajstić information content (AvgIpc) is 2.38. The number of fused-ring (bicyclic) bond motifs is 1. The van der Waals surface area contributed by atoms with Gasteiger partial charge in [-0.3, -0.25) is 0 Å². The molecule has 0 aliphatic heterocycles. The molecule has 1 atom stereocenters. The Morgan fingerprint density at radius 2 is 1.82 bits per heavy atom. The Balaban J connectivity index is 2.32. The van der Waals surface area contributed by atoms with Crippen molar-refractivity contribution in [3.8, 4) is 5.75 Å². The highest BCUT2D eigenvalue weighted by Crippen LogP contribution is 2.33. The minimum Gasteiger partial charge on any atom is -0.507 e. The summed E-state index contributed by atoms with van der Waals surface area (Å²) < 4.78 is 0. The smallest absolute Gasteiger partial charge is 0.123 e. The minimum absolute atomic E-state index is 0.267.